The van der Waals surface area contributed by atoms with Gasteiger partial charge in [-0.15, -0.1) is 0 Å². The van der Waals surface area contributed by atoms with E-state index < -0.39 is 11.7 Å². The molecule has 1 N–H and O–H groups in total. The quantitative estimate of drug-likeness (QED) is 0.918. The fourth-order valence-corrected chi connectivity index (χ4v) is 2.11. The van der Waals surface area contributed by atoms with Crippen molar-refractivity contribution in [3.05, 3.63) is 53.3 Å². The molecule has 21 heavy (non-hydrogen) atoms. The molecule has 2 aromatic rings. The normalized spacial score (nSPS) is 15.4. The number of nitrogens with one attached hydrogen (secondary N) is 1. The summed E-state index contributed by atoms with van der Waals surface area (Å²) in [6.07, 6.45) is 0.0198. The third-order valence-electron chi connectivity index (χ3n) is 3.47. The first kappa shape index (κ1) is 14.1. The van der Waals surface area contributed by atoms with Crippen molar-refractivity contribution in [3.63, 3.8) is 0 Å². The molecule has 112 valence electrons. The second-order valence-corrected chi connectivity index (χ2v) is 5.35. The minimum absolute atomic E-state index is 0.474. The molecule has 1 heterocycles. The van der Waals surface area contributed by atoms with E-state index in [-0.39, 0.29) is 0 Å². The van der Waals surface area contributed by atoms with Gasteiger partial charge in [-0.1, -0.05) is 12.1 Å². The van der Waals surface area contributed by atoms with E-state index in [1.54, 1.807) is 4.68 Å². The third-order valence-corrected chi connectivity index (χ3v) is 3.47. The van der Waals surface area contributed by atoms with Crippen LogP contribution in [0.1, 0.15) is 29.7 Å². The molecule has 0 radical (unpaired) electrons. The van der Waals surface area contributed by atoms with Gasteiger partial charge in [0.2, 0.25) is 0 Å². The van der Waals surface area contributed by atoms with Gasteiger partial charge in [-0.2, -0.15) is 18.3 Å². The Hall–Kier alpha value is -1.82. The predicted octanol–water partition coefficient (Wildman–Crippen LogP) is 3.20. The van der Waals surface area contributed by atoms with Crippen LogP contribution in [-0.2, 0) is 19.3 Å². The molecule has 1 aromatic carbocycles. The Labute approximate surface area is 120 Å². The van der Waals surface area contributed by atoms with Crippen LogP contribution in [0.15, 0.2) is 36.5 Å². The standard InChI is InChI=1S/C15H16F3N3/c16-15(17,18)12-3-1-11(2-4-12)10-21-8-7-14(20-21)9-19-13-5-6-13/h1-4,7-8,13,19H,5-6,9-10H2. The molecule has 3 nitrogen and oxygen atoms in total. The van der Waals surface area contributed by atoms with Crippen molar-refractivity contribution in [1.29, 1.82) is 0 Å². The number of nitrogens with zero attached hydrogens (tertiary/aromatic N) is 2. The lowest BCUT2D eigenvalue weighted by atomic mass is 10.1. The van der Waals surface area contributed by atoms with Gasteiger partial charge in [0, 0.05) is 18.8 Å². The number of hydrogen-bond acceptors (Lipinski definition) is 2. The van der Waals surface area contributed by atoms with E-state index in [4.69, 9.17) is 0 Å². The summed E-state index contributed by atoms with van der Waals surface area (Å²) in [5, 5.41) is 7.78. The first-order valence-corrected chi connectivity index (χ1v) is 6.92. The molecule has 0 spiro atoms. The number of halogens is 3. The van der Waals surface area contributed by atoms with Crippen LogP contribution in [0.25, 0.3) is 0 Å². The molecule has 0 bridgehead atoms. The average Bonchev–Trinajstić information content (AvgIpc) is 3.16. The maximum atomic E-state index is 12.5. The molecule has 1 aliphatic carbocycles. The summed E-state index contributed by atoms with van der Waals surface area (Å²) in [5.74, 6) is 0. The third kappa shape index (κ3) is 3.85. The van der Waals surface area contributed by atoms with Crippen LogP contribution < -0.4 is 5.32 Å². The monoisotopic (exact) mass is 295 g/mol. The molecule has 0 atom stereocenters. The summed E-state index contributed by atoms with van der Waals surface area (Å²) in [6, 6.07) is 7.76. The first-order valence-electron chi connectivity index (χ1n) is 6.92. The van der Waals surface area contributed by atoms with Gasteiger partial charge in [-0.25, -0.2) is 0 Å². The van der Waals surface area contributed by atoms with Crippen molar-refractivity contribution in [2.24, 2.45) is 0 Å². The number of hydrogen-bond donors (Lipinski definition) is 1. The molecule has 1 saturated carbocycles. The van der Waals surface area contributed by atoms with Crippen molar-refractivity contribution in [3.8, 4) is 0 Å². The molecule has 1 aromatic heterocycles. The Morgan fingerprint density at radius 3 is 2.48 bits per heavy atom. The summed E-state index contributed by atoms with van der Waals surface area (Å²) >= 11 is 0. The highest BCUT2D eigenvalue weighted by Gasteiger charge is 2.29. The minimum Gasteiger partial charge on any atom is -0.308 e. The van der Waals surface area contributed by atoms with Gasteiger partial charge >= 0.3 is 6.18 Å². The van der Waals surface area contributed by atoms with Crippen LogP contribution in [0, 0.1) is 0 Å². The topological polar surface area (TPSA) is 29.9 Å². The Bertz CT molecular complexity index is 597. The van der Waals surface area contributed by atoms with E-state index >= 15 is 0 Å². The van der Waals surface area contributed by atoms with Crippen molar-refractivity contribution < 1.29 is 13.2 Å². The average molecular weight is 295 g/mol. The summed E-state index contributed by atoms with van der Waals surface area (Å²) in [7, 11) is 0. The van der Waals surface area contributed by atoms with Crippen molar-refractivity contribution >= 4 is 0 Å². The lowest BCUT2D eigenvalue weighted by molar-refractivity contribution is -0.137. The Morgan fingerprint density at radius 1 is 1.14 bits per heavy atom. The lowest BCUT2D eigenvalue weighted by Crippen LogP contribution is -2.16. The van der Waals surface area contributed by atoms with Crippen molar-refractivity contribution in [2.45, 2.75) is 38.1 Å². The fraction of sp³-hybridized carbons (Fsp3) is 0.400. The van der Waals surface area contributed by atoms with Crippen molar-refractivity contribution in [2.75, 3.05) is 0 Å². The van der Waals surface area contributed by atoms with Crippen LogP contribution in [0.2, 0.25) is 0 Å². The largest absolute Gasteiger partial charge is 0.416 e. The number of alkyl halides is 3. The van der Waals surface area contributed by atoms with E-state index in [9.17, 15) is 13.2 Å². The molecule has 0 saturated heterocycles. The van der Waals surface area contributed by atoms with Crippen LogP contribution in [0.3, 0.4) is 0 Å². The molecule has 1 fully saturated rings. The van der Waals surface area contributed by atoms with Gasteiger partial charge in [-0.3, -0.25) is 4.68 Å². The van der Waals surface area contributed by atoms with Gasteiger partial charge in [0.15, 0.2) is 0 Å². The van der Waals surface area contributed by atoms with E-state index in [0.717, 1.165) is 29.9 Å². The van der Waals surface area contributed by atoms with Gasteiger partial charge in [0.25, 0.3) is 0 Å². The number of benzene rings is 1. The molecular weight excluding hydrogens is 279 g/mol. The lowest BCUT2D eigenvalue weighted by Gasteiger charge is -2.07. The number of rotatable bonds is 5. The summed E-state index contributed by atoms with van der Waals surface area (Å²) in [5.41, 5.74) is 1.13. The summed E-state index contributed by atoms with van der Waals surface area (Å²) in [4.78, 5) is 0. The Balaban J connectivity index is 1.60. The van der Waals surface area contributed by atoms with Crippen LogP contribution in [0.4, 0.5) is 13.2 Å². The van der Waals surface area contributed by atoms with Crippen LogP contribution in [0.5, 0.6) is 0 Å². The maximum Gasteiger partial charge on any atom is 0.416 e. The summed E-state index contributed by atoms with van der Waals surface area (Å²) < 4.78 is 39.2. The van der Waals surface area contributed by atoms with Gasteiger partial charge < -0.3 is 5.32 Å². The predicted molar refractivity (Wildman–Crippen MR) is 72.6 cm³/mol. The van der Waals surface area contributed by atoms with E-state index in [1.807, 2.05) is 12.3 Å². The molecule has 3 rings (SSSR count). The van der Waals surface area contributed by atoms with E-state index in [2.05, 4.69) is 10.4 Å². The highest BCUT2D eigenvalue weighted by atomic mass is 19.4. The highest BCUT2D eigenvalue weighted by molar-refractivity contribution is 5.24. The van der Waals surface area contributed by atoms with Gasteiger partial charge in [0.1, 0.15) is 0 Å². The second kappa shape index (κ2) is 5.52. The zero-order valence-corrected chi connectivity index (χ0v) is 11.4. The molecule has 0 amide bonds. The van der Waals surface area contributed by atoms with Gasteiger partial charge in [-0.05, 0) is 36.6 Å². The fourth-order valence-electron chi connectivity index (χ4n) is 2.11. The zero-order chi connectivity index (χ0) is 14.9. The van der Waals surface area contributed by atoms with E-state index in [0.29, 0.717) is 12.6 Å². The molecule has 1 aliphatic rings. The second-order valence-electron chi connectivity index (χ2n) is 5.35. The first-order chi connectivity index (χ1) is 10.0. The minimum atomic E-state index is -4.29. The van der Waals surface area contributed by atoms with E-state index in [1.165, 1.54) is 25.0 Å². The van der Waals surface area contributed by atoms with Crippen LogP contribution >= 0.6 is 0 Å². The summed E-state index contributed by atoms with van der Waals surface area (Å²) in [6.45, 7) is 1.21. The molecular formula is C15H16F3N3. The Kier molecular flexibility index (Phi) is 3.71. The number of aromatic nitrogens is 2. The Morgan fingerprint density at radius 2 is 1.86 bits per heavy atom. The van der Waals surface area contributed by atoms with Crippen LogP contribution in [-0.4, -0.2) is 15.8 Å². The molecule has 0 aliphatic heterocycles. The SMILES string of the molecule is FC(F)(F)c1ccc(Cn2ccc(CNC3CC3)n2)cc1. The smallest absolute Gasteiger partial charge is 0.308 e. The van der Waals surface area contributed by atoms with Crippen molar-refractivity contribution in [1.82, 2.24) is 15.1 Å². The zero-order valence-electron chi connectivity index (χ0n) is 11.4. The molecule has 6 heteroatoms. The van der Waals surface area contributed by atoms with Gasteiger partial charge in [0.05, 0.1) is 17.8 Å². The molecule has 0 unspecified atom stereocenters. The highest BCUT2D eigenvalue weighted by Crippen LogP contribution is 2.29. The maximum absolute atomic E-state index is 12.5.